The molecule has 0 bridgehead atoms. The quantitative estimate of drug-likeness (QED) is 0.797. The predicted octanol–water partition coefficient (Wildman–Crippen LogP) is 1.61. The molecule has 19 heavy (non-hydrogen) atoms. The number of rotatable bonds is 5. The third-order valence-electron chi connectivity index (χ3n) is 3.94. The SMILES string of the molecule is CCNCC(C)C(=O)NC1CCN(C(C)(C)C)CC1. The zero-order valence-electron chi connectivity index (χ0n) is 13.3. The summed E-state index contributed by atoms with van der Waals surface area (Å²) in [4.78, 5) is 14.5. The summed E-state index contributed by atoms with van der Waals surface area (Å²) in [6.45, 7) is 14.7. The van der Waals surface area contributed by atoms with Crippen molar-refractivity contribution >= 4 is 5.91 Å². The van der Waals surface area contributed by atoms with Gasteiger partial charge in [-0.2, -0.15) is 0 Å². The molecule has 0 aromatic rings. The zero-order valence-corrected chi connectivity index (χ0v) is 13.3. The number of piperidine rings is 1. The summed E-state index contributed by atoms with van der Waals surface area (Å²) in [6.07, 6.45) is 2.13. The minimum absolute atomic E-state index is 0.0561. The Bertz CT molecular complexity index is 278. The Balaban J connectivity index is 2.31. The molecule has 2 N–H and O–H groups in total. The highest BCUT2D eigenvalue weighted by Gasteiger charge is 2.28. The fraction of sp³-hybridized carbons (Fsp3) is 0.933. The second-order valence-electron chi connectivity index (χ2n) is 6.65. The van der Waals surface area contributed by atoms with Crippen LogP contribution in [0.1, 0.15) is 47.5 Å². The second-order valence-corrected chi connectivity index (χ2v) is 6.65. The maximum absolute atomic E-state index is 12.0. The van der Waals surface area contributed by atoms with Crippen LogP contribution in [-0.2, 0) is 4.79 Å². The van der Waals surface area contributed by atoms with Gasteiger partial charge < -0.3 is 10.6 Å². The molecule has 4 heteroatoms. The Hall–Kier alpha value is -0.610. The largest absolute Gasteiger partial charge is 0.353 e. The third-order valence-corrected chi connectivity index (χ3v) is 3.94. The van der Waals surface area contributed by atoms with Crippen LogP contribution in [-0.4, -0.2) is 48.6 Å². The first-order valence-electron chi connectivity index (χ1n) is 7.60. The Kier molecular flexibility index (Phi) is 6.27. The summed E-state index contributed by atoms with van der Waals surface area (Å²) in [5, 5.41) is 6.42. The number of carbonyl (C=O) groups excluding carboxylic acids is 1. The maximum atomic E-state index is 12.0. The highest BCUT2D eigenvalue weighted by atomic mass is 16.1. The monoisotopic (exact) mass is 269 g/mol. The van der Waals surface area contributed by atoms with Gasteiger partial charge in [-0.15, -0.1) is 0 Å². The van der Waals surface area contributed by atoms with Gasteiger partial charge in [0.05, 0.1) is 0 Å². The van der Waals surface area contributed by atoms with Gasteiger partial charge >= 0.3 is 0 Å². The van der Waals surface area contributed by atoms with Crippen LogP contribution in [0.3, 0.4) is 0 Å². The lowest BCUT2D eigenvalue weighted by Gasteiger charge is -2.41. The maximum Gasteiger partial charge on any atom is 0.224 e. The molecular formula is C15H31N3O. The number of carbonyl (C=O) groups is 1. The molecule has 4 nitrogen and oxygen atoms in total. The van der Waals surface area contributed by atoms with Crippen LogP contribution >= 0.6 is 0 Å². The van der Waals surface area contributed by atoms with E-state index in [4.69, 9.17) is 0 Å². The lowest BCUT2D eigenvalue weighted by atomic mass is 9.97. The summed E-state index contributed by atoms with van der Waals surface area (Å²) in [6, 6.07) is 0.357. The Morgan fingerprint density at radius 1 is 1.32 bits per heavy atom. The molecule has 1 atom stereocenters. The van der Waals surface area contributed by atoms with Crippen molar-refractivity contribution in [3.63, 3.8) is 0 Å². The topological polar surface area (TPSA) is 44.4 Å². The van der Waals surface area contributed by atoms with E-state index in [1.165, 1.54) is 0 Å². The molecule has 1 rings (SSSR count). The number of hydrogen-bond donors (Lipinski definition) is 2. The molecule has 1 aliphatic rings. The lowest BCUT2D eigenvalue weighted by molar-refractivity contribution is -0.125. The minimum atomic E-state index is 0.0561. The van der Waals surface area contributed by atoms with Crippen LogP contribution in [0.5, 0.6) is 0 Å². The van der Waals surface area contributed by atoms with Crippen molar-refractivity contribution in [3.05, 3.63) is 0 Å². The summed E-state index contributed by atoms with van der Waals surface area (Å²) in [5.41, 5.74) is 0.243. The van der Waals surface area contributed by atoms with Crippen molar-refractivity contribution in [1.82, 2.24) is 15.5 Å². The normalized spacial score (nSPS) is 20.3. The molecule has 0 radical (unpaired) electrons. The van der Waals surface area contributed by atoms with Crippen LogP contribution < -0.4 is 10.6 Å². The average molecular weight is 269 g/mol. The molecule has 1 unspecified atom stereocenters. The van der Waals surface area contributed by atoms with E-state index >= 15 is 0 Å². The van der Waals surface area contributed by atoms with Gasteiger partial charge in [0.25, 0.3) is 0 Å². The van der Waals surface area contributed by atoms with Gasteiger partial charge in [-0.1, -0.05) is 13.8 Å². The summed E-state index contributed by atoms with van der Waals surface area (Å²) in [5.74, 6) is 0.246. The average Bonchev–Trinajstić information content (AvgIpc) is 2.35. The van der Waals surface area contributed by atoms with Crippen LogP contribution in [0.15, 0.2) is 0 Å². The Morgan fingerprint density at radius 3 is 2.37 bits per heavy atom. The first-order valence-corrected chi connectivity index (χ1v) is 7.60. The molecule has 1 fully saturated rings. The number of nitrogens with zero attached hydrogens (tertiary/aromatic N) is 1. The van der Waals surface area contributed by atoms with Crippen molar-refractivity contribution in [3.8, 4) is 0 Å². The molecule has 0 saturated carbocycles. The lowest BCUT2D eigenvalue weighted by Crippen LogP contribution is -2.51. The van der Waals surface area contributed by atoms with E-state index in [0.29, 0.717) is 6.04 Å². The third kappa shape index (κ3) is 5.49. The molecule has 0 aromatic carbocycles. The molecule has 1 heterocycles. The van der Waals surface area contributed by atoms with Crippen LogP contribution in [0.4, 0.5) is 0 Å². The predicted molar refractivity (Wildman–Crippen MR) is 80.2 cm³/mol. The fourth-order valence-corrected chi connectivity index (χ4v) is 2.49. The van der Waals surface area contributed by atoms with Crippen molar-refractivity contribution in [1.29, 1.82) is 0 Å². The van der Waals surface area contributed by atoms with Gasteiger partial charge in [-0.25, -0.2) is 0 Å². The summed E-state index contributed by atoms with van der Waals surface area (Å²) in [7, 11) is 0. The van der Waals surface area contributed by atoms with E-state index < -0.39 is 0 Å². The zero-order chi connectivity index (χ0) is 14.5. The number of hydrogen-bond acceptors (Lipinski definition) is 3. The fourth-order valence-electron chi connectivity index (χ4n) is 2.49. The van der Waals surface area contributed by atoms with Gasteiger partial charge in [0.2, 0.25) is 5.91 Å². The highest BCUT2D eigenvalue weighted by Crippen LogP contribution is 2.20. The number of likely N-dealkylation sites (tertiary alicyclic amines) is 1. The first-order chi connectivity index (χ1) is 8.84. The first kappa shape index (κ1) is 16.4. The Labute approximate surface area is 118 Å². The van der Waals surface area contributed by atoms with Gasteiger partial charge in [-0.3, -0.25) is 9.69 Å². The highest BCUT2D eigenvalue weighted by molar-refractivity contribution is 5.78. The van der Waals surface area contributed by atoms with Crippen molar-refractivity contribution < 1.29 is 4.79 Å². The van der Waals surface area contributed by atoms with Gasteiger partial charge in [0.1, 0.15) is 0 Å². The van der Waals surface area contributed by atoms with Crippen molar-refractivity contribution in [2.24, 2.45) is 5.92 Å². The molecule has 0 aromatic heterocycles. The van der Waals surface area contributed by atoms with E-state index in [1.807, 2.05) is 6.92 Å². The molecule has 0 spiro atoms. The molecule has 0 aliphatic carbocycles. The molecule has 1 amide bonds. The number of amides is 1. The van der Waals surface area contributed by atoms with Crippen LogP contribution in [0, 0.1) is 5.92 Å². The second kappa shape index (κ2) is 7.25. The Morgan fingerprint density at radius 2 is 1.89 bits per heavy atom. The van der Waals surface area contributed by atoms with E-state index in [1.54, 1.807) is 0 Å². The standard InChI is InChI=1S/C15H31N3O/c1-6-16-11-12(2)14(19)17-13-7-9-18(10-8-13)15(3,4)5/h12-13,16H,6-11H2,1-5H3,(H,17,19). The molecule has 1 aliphatic heterocycles. The van der Waals surface area contributed by atoms with Gasteiger partial charge in [0, 0.05) is 37.1 Å². The van der Waals surface area contributed by atoms with Crippen LogP contribution in [0.2, 0.25) is 0 Å². The van der Waals surface area contributed by atoms with E-state index in [9.17, 15) is 4.79 Å². The van der Waals surface area contributed by atoms with Crippen molar-refractivity contribution in [2.75, 3.05) is 26.2 Å². The smallest absolute Gasteiger partial charge is 0.224 e. The van der Waals surface area contributed by atoms with E-state index in [2.05, 4.69) is 43.2 Å². The molecule has 1 saturated heterocycles. The van der Waals surface area contributed by atoms with E-state index in [-0.39, 0.29) is 17.4 Å². The summed E-state index contributed by atoms with van der Waals surface area (Å²) < 4.78 is 0. The summed E-state index contributed by atoms with van der Waals surface area (Å²) >= 11 is 0. The van der Waals surface area contributed by atoms with E-state index in [0.717, 1.165) is 39.0 Å². The van der Waals surface area contributed by atoms with Crippen LogP contribution in [0.25, 0.3) is 0 Å². The molecular weight excluding hydrogens is 238 g/mol. The van der Waals surface area contributed by atoms with Gasteiger partial charge in [-0.05, 0) is 40.2 Å². The van der Waals surface area contributed by atoms with Crippen molar-refractivity contribution in [2.45, 2.75) is 59.0 Å². The minimum Gasteiger partial charge on any atom is -0.353 e. The van der Waals surface area contributed by atoms with Gasteiger partial charge in [0.15, 0.2) is 0 Å². The molecule has 112 valence electrons. The number of nitrogens with one attached hydrogen (secondary N) is 2.